The van der Waals surface area contributed by atoms with E-state index in [1.807, 2.05) is 24.3 Å². The number of benzene rings is 1. The number of anilines is 1. The third-order valence-electron chi connectivity index (χ3n) is 2.21. The first-order valence-electron chi connectivity index (χ1n) is 5.15. The first-order valence-corrected chi connectivity index (χ1v) is 5.94. The van der Waals surface area contributed by atoms with E-state index in [-0.39, 0.29) is 6.61 Å². The van der Waals surface area contributed by atoms with Crippen molar-refractivity contribution in [2.45, 2.75) is 13.1 Å². The fourth-order valence-corrected chi connectivity index (χ4v) is 1.62. The topological polar surface area (TPSA) is 75.9 Å². The summed E-state index contributed by atoms with van der Waals surface area (Å²) in [6, 6.07) is 7.98. The molecular weight excluding hydrogens is 286 g/mol. The second-order valence-electron chi connectivity index (χ2n) is 3.43. The summed E-state index contributed by atoms with van der Waals surface area (Å²) in [7, 11) is 0. The number of aliphatic hydroxyl groups is 1. The number of nitrogens with one attached hydrogen (secondary N) is 1. The summed E-state index contributed by atoms with van der Waals surface area (Å²) < 4.78 is 2.57. The summed E-state index contributed by atoms with van der Waals surface area (Å²) in [6.07, 6.45) is 0. The summed E-state index contributed by atoms with van der Waals surface area (Å²) in [5.74, 6) is 0.557. The van der Waals surface area contributed by atoms with Crippen molar-refractivity contribution < 1.29 is 5.11 Å². The Hall–Kier alpha value is -1.47. The van der Waals surface area contributed by atoms with Gasteiger partial charge in [-0.15, -0.1) is 0 Å². The van der Waals surface area contributed by atoms with E-state index in [1.54, 1.807) is 0 Å². The molecule has 0 aliphatic rings. The molecule has 0 radical (unpaired) electrons. The molecule has 1 heterocycles. The number of hydrogen-bond donors (Lipinski definition) is 2. The third-order valence-corrected chi connectivity index (χ3v) is 2.74. The molecule has 0 saturated carbocycles. The van der Waals surface area contributed by atoms with Gasteiger partial charge in [-0.25, -0.2) is 4.68 Å². The molecule has 2 rings (SSSR count). The molecule has 0 spiro atoms. The van der Waals surface area contributed by atoms with Crippen molar-refractivity contribution in [3.63, 3.8) is 0 Å². The molecule has 0 bridgehead atoms. The molecule has 2 aromatic rings. The molecule has 17 heavy (non-hydrogen) atoms. The average molecular weight is 298 g/mol. The maximum Gasteiger partial charge on any atom is 0.243 e. The highest BCUT2D eigenvalue weighted by molar-refractivity contribution is 9.10. The van der Waals surface area contributed by atoms with Crippen LogP contribution in [-0.2, 0) is 13.1 Å². The number of rotatable bonds is 5. The maximum absolute atomic E-state index is 8.83. The predicted molar refractivity (Wildman–Crippen MR) is 66.4 cm³/mol. The maximum atomic E-state index is 8.83. The highest BCUT2D eigenvalue weighted by atomic mass is 79.9. The van der Waals surface area contributed by atoms with Gasteiger partial charge in [-0.3, -0.25) is 0 Å². The van der Waals surface area contributed by atoms with Crippen LogP contribution in [-0.4, -0.2) is 31.9 Å². The number of halogens is 1. The number of hydrogen-bond acceptors (Lipinski definition) is 5. The van der Waals surface area contributed by atoms with Crippen molar-refractivity contribution in [2.75, 3.05) is 11.9 Å². The van der Waals surface area contributed by atoms with Crippen molar-refractivity contribution in [3.8, 4) is 0 Å². The molecule has 90 valence electrons. The predicted octanol–water partition coefficient (Wildman–Crippen LogP) is 1.04. The molecule has 6 nitrogen and oxygen atoms in total. The van der Waals surface area contributed by atoms with Crippen LogP contribution in [0.15, 0.2) is 28.7 Å². The van der Waals surface area contributed by atoms with Gasteiger partial charge in [-0.1, -0.05) is 33.2 Å². The normalized spacial score (nSPS) is 10.5. The monoisotopic (exact) mass is 297 g/mol. The lowest BCUT2D eigenvalue weighted by Gasteiger charge is -2.05. The summed E-state index contributed by atoms with van der Waals surface area (Å²) >= 11 is 3.38. The van der Waals surface area contributed by atoms with Gasteiger partial charge in [-0.05, 0) is 28.1 Å². The smallest absolute Gasteiger partial charge is 0.243 e. The first-order chi connectivity index (χ1) is 8.29. The molecule has 0 aliphatic heterocycles. The number of aliphatic hydroxyl groups excluding tert-OH is 1. The van der Waals surface area contributed by atoms with Crippen molar-refractivity contribution in [3.05, 3.63) is 34.3 Å². The van der Waals surface area contributed by atoms with E-state index in [9.17, 15) is 0 Å². The van der Waals surface area contributed by atoms with Crippen LogP contribution in [0.4, 0.5) is 5.95 Å². The summed E-state index contributed by atoms with van der Waals surface area (Å²) in [6.45, 7) is 1.03. The van der Waals surface area contributed by atoms with Gasteiger partial charge in [0.15, 0.2) is 0 Å². The van der Waals surface area contributed by atoms with Crippen LogP contribution < -0.4 is 5.32 Å². The zero-order valence-corrected chi connectivity index (χ0v) is 10.6. The van der Waals surface area contributed by atoms with Gasteiger partial charge in [0.25, 0.3) is 0 Å². The summed E-state index contributed by atoms with van der Waals surface area (Å²) in [5, 5.41) is 23.1. The Kier molecular flexibility index (Phi) is 4.05. The molecule has 2 N–H and O–H groups in total. The molecule has 0 unspecified atom stereocenters. The number of nitrogens with zero attached hydrogens (tertiary/aromatic N) is 4. The van der Waals surface area contributed by atoms with Gasteiger partial charge >= 0.3 is 0 Å². The van der Waals surface area contributed by atoms with E-state index in [1.165, 1.54) is 4.68 Å². The highest BCUT2D eigenvalue weighted by Gasteiger charge is 2.04. The minimum Gasteiger partial charge on any atom is -0.394 e. The van der Waals surface area contributed by atoms with Crippen molar-refractivity contribution in [2.24, 2.45) is 0 Å². The minimum atomic E-state index is 0.0119. The fraction of sp³-hybridized carbons (Fsp3) is 0.300. The second kappa shape index (κ2) is 5.74. The first kappa shape index (κ1) is 12.0. The quantitative estimate of drug-likeness (QED) is 0.862. The number of tetrazole rings is 1. The third kappa shape index (κ3) is 3.24. The van der Waals surface area contributed by atoms with Gasteiger partial charge < -0.3 is 10.4 Å². The van der Waals surface area contributed by atoms with Crippen LogP contribution in [0, 0.1) is 0 Å². The van der Waals surface area contributed by atoms with E-state index in [2.05, 4.69) is 36.8 Å². The van der Waals surface area contributed by atoms with E-state index in [0.717, 1.165) is 10.0 Å². The Morgan fingerprint density at radius 1 is 1.29 bits per heavy atom. The lowest BCUT2D eigenvalue weighted by Crippen LogP contribution is -2.10. The van der Waals surface area contributed by atoms with Crippen molar-refractivity contribution >= 4 is 21.9 Å². The summed E-state index contributed by atoms with van der Waals surface area (Å²) in [5.41, 5.74) is 1.13. The molecule has 0 amide bonds. The van der Waals surface area contributed by atoms with Crippen LogP contribution in [0.3, 0.4) is 0 Å². The molecule has 1 aromatic heterocycles. The molecule has 0 saturated heterocycles. The Morgan fingerprint density at radius 2 is 2.06 bits per heavy atom. The highest BCUT2D eigenvalue weighted by Crippen LogP contribution is 2.11. The largest absolute Gasteiger partial charge is 0.394 e. The van der Waals surface area contributed by atoms with Gasteiger partial charge in [-0.2, -0.15) is 0 Å². The fourth-order valence-electron chi connectivity index (χ4n) is 1.36. The van der Waals surface area contributed by atoms with E-state index in [0.29, 0.717) is 19.0 Å². The lowest BCUT2D eigenvalue weighted by molar-refractivity contribution is 0.269. The zero-order chi connectivity index (χ0) is 12.1. The standard InChI is InChI=1S/C10H12BrN5O/c11-9-3-1-8(2-4-9)7-12-10-13-14-15-16(10)5-6-17/h1-4,17H,5-7H2,(H,12,13,15). The molecular formula is C10H12BrN5O. The molecule has 0 aliphatic carbocycles. The van der Waals surface area contributed by atoms with Gasteiger partial charge in [0.1, 0.15) is 0 Å². The number of aromatic nitrogens is 4. The van der Waals surface area contributed by atoms with E-state index < -0.39 is 0 Å². The van der Waals surface area contributed by atoms with Crippen LogP contribution in [0.5, 0.6) is 0 Å². The molecule has 1 aromatic carbocycles. The zero-order valence-electron chi connectivity index (χ0n) is 9.04. The van der Waals surface area contributed by atoms with E-state index >= 15 is 0 Å². The SMILES string of the molecule is OCCn1nnnc1NCc1ccc(Br)cc1. The Balaban J connectivity index is 1.97. The van der Waals surface area contributed by atoms with Gasteiger partial charge in [0.2, 0.25) is 5.95 Å². The Morgan fingerprint density at radius 3 is 2.76 bits per heavy atom. The Bertz CT molecular complexity index is 470. The minimum absolute atomic E-state index is 0.0119. The molecule has 0 fully saturated rings. The van der Waals surface area contributed by atoms with Crippen molar-refractivity contribution in [1.29, 1.82) is 0 Å². The van der Waals surface area contributed by atoms with Crippen LogP contribution in [0.1, 0.15) is 5.56 Å². The second-order valence-corrected chi connectivity index (χ2v) is 4.34. The molecule has 7 heteroatoms. The van der Waals surface area contributed by atoms with Crippen molar-refractivity contribution in [1.82, 2.24) is 20.2 Å². The molecule has 0 atom stereocenters. The van der Waals surface area contributed by atoms with Gasteiger partial charge in [0, 0.05) is 11.0 Å². The van der Waals surface area contributed by atoms with Gasteiger partial charge in [0.05, 0.1) is 13.2 Å². The average Bonchev–Trinajstić information content (AvgIpc) is 2.77. The summed E-state index contributed by atoms with van der Waals surface area (Å²) in [4.78, 5) is 0. The van der Waals surface area contributed by atoms with E-state index in [4.69, 9.17) is 5.11 Å². The van der Waals surface area contributed by atoms with Crippen LogP contribution in [0.2, 0.25) is 0 Å². The van der Waals surface area contributed by atoms with Crippen LogP contribution >= 0.6 is 15.9 Å². The lowest BCUT2D eigenvalue weighted by atomic mass is 10.2. The van der Waals surface area contributed by atoms with Crippen LogP contribution in [0.25, 0.3) is 0 Å². The Labute approximate surface area is 107 Å².